The van der Waals surface area contributed by atoms with Crippen molar-refractivity contribution in [3.63, 3.8) is 0 Å². The highest BCUT2D eigenvalue weighted by Gasteiger charge is 2.19. The van der Waals surface area contributed by atoms with Gasteiger partial charge < -0.3 is 5.32 Å². The number of aromatic nitrogens is 4. The Morgan fingerprint density at radius 1 is 1.38 bits per heavy atom. The van der Waals surface area contributed by atoms with E-state index in [2.05, 4.69) is 38.1 Å². The number of nitrogens with one attached hydrogen (secondary N) is 2. The van der Waals surface area contributed by atoms with Crippen LogP contribution in [-0.2, 0) is 4.79 Å². The van der Waals surface area contributed by atoms with E-state index in [1.165, 1.54) is 0 Å². The van der Waals surface area contributed by atoms with Crippen LogP contribution in [0.3, 0.4) is 0 Å². The van der Waals surface area contributed by atoms with Crippen LogP contribution in [-0.4, -0.2) is 26.5 Å². The predicted molar refractivity (Wildman–Crippen MR) is 79.5 cm³/mol. The average Bonchev–Trinajstić information content (AvgIpc) is 3.04. The number of hydrogen-bond acceptors (Lipinski definition) is 4. The van der Waals surface area contributed by atoms with Gasteiger partial charge in [-0.2, -0.15) is 5.21 Å². The summed E-state index contributed by atoms with van der Waals surface area (Å²) in [6.45, 7) is 1.97. The lowest BCUT2D eigenvalue weighted by molar-refractivity contribution is -0.120. The molecule has 0 radical (unpaired) electrons. The third-order valence-electron chi connectivity index (χ3n) is 3.74. The maximum Gasteiger partial charge on any atom is 0.227 e. The minimum absolute atomic E-state index is 0.0585. The molecule has 1 atom stereocenters. The molecule has 2 aromatic rings. The first-order chi connectivity index (χ1) is 10.2. The first-order valence-corrected chi connectivity index (χ1v) is 7.04. The number of aryl methyl sites for hydroxylation is 1. The van der Waals surface area contributed by atoms with Gasteiger partial charge in [0.05, 0.1) is 0 Å². The van der Waals surface area contributed by atoms with E-state index < -0.39 is 0 Å². The Balaban J connectivity index is 1.79. The average molecular weight is 283 g/mol. The molecule has 1 amide bonds. The number of anilines is 1. The Labute approximate surface area is 122 Å². The molecule has 1 heterocycles. The first-order valence-electron chi connectivity index (χ1n) is 7.04. The van der Waals surface area contributed by atoms with E-state index in [1.807, 2.05) is 25.1 Å². The van der Waals surface area contributed by atoms with Crippen molar-refractivity contribution in [3.8, 4) is 11.4 Å². The van der Waals surface area contributed by atoms with Crippen LogP contribution in [0.4, 0.5) is 5.69 Å². The molecule has 3 rings (SSSR count). The number of rotatable bonds is 3. The molecule has 0 spiro atoms. The van der Waals surface area contributed by atoms with E-state index >= 15 is 0 Å². The van der Waals surface area contributed by atoms with E-state index in [4.69, 9.17) is 0 Å². The summed E-state index contributed by atoms with van der Waals surface area (Å²) < 4.78 is 0. The summed E-state index contributed by atoms with van der Waals surface area (Å²) in [5.41, 5.74) is 2.65. The Bertz CT molecular complexity index is 663. The SMILES string of the molecule is Cc1ccc(-c2nn[nH]n2)cc1NC(=O)[C@@H]1CC=CCC1. The van der Waals surface area contributed by atoms with Gasteiger partial charge in [-0.05, 0) is 43.0 Å². The molecule has 6 heteroatoms. The number of aromatic amines is 1. The lowest BCUT2D eigenvalue weighted by atomic mass is 9.93. The third-order valence-corrected chi connectivity index (χ3v) is 3.74. The van der Waals surface area contributed by atoms with Crippen LogP contribution in [0.25, 0.3) is 11.4 Å². The number of benzene rings is 1. The van der Waals surface area contributed by atoms with Gasteiger partial charge in [0.25, 0.3) is 0 Å². The fourth-order valence-corrected chi connectivity index (χ4v) is 2.45. The number of allylic oxidation sites excluding steroid dienone is 2. The number of H-pyrrole nitrogens is 1. The molecule has 108 valence electrons. The molecule has 21 heavy (non-hydrogen) atoms. The molecule has 0 fully saturated rings. The van der Waals surface area contributed by atoms with Crippen LogP contribution in [0.5, 0.6) is 0 Å². The second-order valence-electron chi connectivity index (χ2n) is 5.24. The van der Waals surface area contributed by atoms with E-state index in [0.29, 0.717) is 5.82 Å². The van der Waals surface area contributed by atoms with Crippen molar-refractivity contribution in [1.82, 2.24) is 20.6 Å². The number of carbonyl (C=O) groups excluding carboxylic acids is 1. The normalized spacial score (nSPS) is 17.7. The van der Waals surface area contributed by atoms with Crippen LogP contribution in [0, 0.1) is 12.8 Å². The first kappa shape index (κ1) is 13.5. The van der Waals surface area contributed by atoms with Crippen LogP contribution in [0.15, 0.2) is 30.4 Å². The summed E-state index contributed by atoms with van der Waals surface area (Å²) in [6.07, 6.45) is 6.91. The van der Waals surface area contributed by atoms with Gasteiger partial charge in [0.2, 0.25) is 11.7 Å². The Morgan fingerprint density at radius 3 is 3.00 bits per heavy atom. The number of carbonyl (C=O) groups is 1. The van der Waals surface area contributed by atoms with Crippen LogP contribution in [0.2, 0.25) is 0 Å². The highest BCUT2D eigenvalue weighted by molar-refractivity contribution is 5.94. The molecule has 0 aliphatic heterocycles. The monoisotopic (exact) mass is 283 g/mol. The molecular formula is C15H17N5O. The molecule has 6 nitrogen and oxygen atoms in total. The minimum Gasteiger partial charge on any atom is -0.326 e. The lowest BCUT2D eigenvalue weighted by Crippen LogP contribution is -2.23. The van der Waals surface area contributed by atoms with Crippen molar-refractivity contribution < 1.29 is 4.79 Å². The van der Waals surface area contributed by atoms with Crippen molar-refractivity contribution in [2.45, 2.75) is 26.2 Å². The summed E-state index contributed by atoms with van der Waals surface area (Å²) >= 11 is 0. The maximum atomic E-state index is 12.3. The molecule has 1 aliphatic rings. The van der Waals surface area contributed by atoms with Crippen molar-refractivity contribution in [3.05, 3.63) is 35.9 Å². The number of hydrogen-bond donors (Lipinski definition) is 2. The van der Waals surface area contributed by atoms with Crippen LogP contribution < -0.4 is 5.32 Å². The van der Waals surface area contributed by atoms with E-state index in [-0.39, 0.29) is 11.8 Å². The predicted octanol–water partition coefficient (Wildman–Crippen LogP) is 2.47. The molecule has 1 aromatic heterocycles. The van der Waals surface area contributed by atoms with Gasteiger partial charge in [-0.25, -0.2) is 0 Å². The smallest absolute Gasteiger partial charge is 0.227 e. The largest absolute Gasteiger partial charge is 0.326 e. The summed E-state index contributed by atoms with van der Waals surface area (Å²) in [5.74, 6) is 0.655. The topological polar surface area (TPSA) is 83.6 Å². The third kappa shape index (κ3) is 2.99. The van der Waals surface area contributed by atoms with Gasteiger partial charge in [-0.1, -0.05) is 24.3 Å². The van der Waals surface area contributed by atoms with Crippen LogP contribution in [0.1, 0.15) is 24.8 Å². The van der Waals surface area contributed by atoms with E-state index in [9.17, 15) is 4.79 Å². The molecule has 0 saturated carbocycles. The quantitative estimate of drug-likeness (QED) is 0.848. The highest BCUT2D eigenvalue weighted by Crippen LogP contribution is 2.25. The zero-order valence-electron chi connectivity index (χ0n) is 11.8. The van der Waals surface area contributed by atoms with Crippen molar-refractivity contribution in [2.75, 3.05) is 5.32 Å². The molecular weight excluding hydrogens is 266 g/mol. The molecule has 0 bridgehead atoms. The summed E-state index contributed by atoms with van der Waals surface area (Å²) in [7, 11) is 0. The summed E-state index contributed by atoms with van der Waals surface area (Å²) in [4.78, 5) is 12.3. The number of amides is 1. The van der Waals surface area contributed by atoms with Gasteiger partial charge in [-0.3, -0.25) is 4.79 Å². The maximum absolute atomic E-state index is 12.3. The van der Waals surface area contributed by atoms with Crippen LogP contribution >= 0.6 is 0 Å². The van der Waals surface area contributed by atoms with Gasteiger partial charge in [-0.15, -0.1) is 10.2 Å². The minimum atomic E-state index is 0.0585. The molecule has 1 aliphatic carbocycles. The van der Waals surface area contributed by atoms with Gasteiger partial charge in [0.1, 0.15) is 0 Å². The highest BCUT2D eigenvalue weighted by atomic mass is 16.1. The van der Waals surface area contributed by atoms with Crippen molar-refractivity contribution >= 4 is 11.6 Å². The van der Waals surface area contributed by atoms with Gasteiger partial charge in [0.15, 0.2) is 0 Å². The Hall–Kier alpha value is -2.50. The second kappa shape index (κ2) is 5.87. The zero-order chi connectivity index (χ0) is 14.7. The fraction of sp³-hybridized carbons (Fsp3) is 0.333. The lowest BCUT2D eigenvalue weighted by Gasteiger charge is -2.18. The van der Waals surface area contributed by atoms with Crippen molar-refractivity contribution in [1.29, 1.82) is 0 Å². The molecule has 0 saturated heterocycles. The molecule has 0 unspecified atom stereocenters. The van der Waals surface area contributed by atoms with Gasteiger partial charge in [0, 0.05) is 17.2 Å². The summed E-state index contributed by atoms with van der Waals surface area (Å²) in [5, 5.41) is 16.9. The Morgan fingerprint density at radius 2 is 2.29 bits per heavy atom. The zero-order valence-corrected chi connectivity index (χ0v) is 11.8. The van der Waals surface area contributed by atoms with E-state index in [1.54, 1.807) is 0 Å². The number of nitrogens with zero attached hydrogens (tertiary/aromatic N) is 3. The molecule has 1 aromatic carbocycles. The van der Waals surface area contributed by atoms with Gasteiger partial charge >= 0.3 is 0 Å². The molecule has 2 N–H and O–H groups in total. The summed E-state index contributed by atoms with van der Waals surface area (Å²) in [6, 6.07) is 5.75. The number of tetrazole rings is 1. The van der Waals surface area contributed by atoms with E-state index in [0.717, 1.165) is 36.1 Å². The Kier molecular flexibility index (Phi) is 3.77. The fourth-order valence-electron chi connectivity index (χ4n) is 2.45. The van der Waals surface area contributed by atoms with Crippen molar-refractivity contribution in [2.24, 2.45) is 5.92 Å². The standard InChI is InChI=1S/C15H17N5O/c1-10-7-8-12(14-17-19-20-18-14)9-13(10)16-15(21)11-5-3-2-4-6-11/h2-3,7-9,11H,4-6H2,1H3,(H,16,21)(H,17,18,19,20)/t11-/m1/s1. The second-order valence-corrected chi connectivity index (χ2v) is 5.24.